The summed E-state index contributed by atoms with van der Waals surface area (Å²) < 4.78 is 57.5. The van der Waals surface area contributed by atoms with Crippen LogP contribution in [0.25, 0.3) is 0 Å². The summed E-state index contributed by atoms with van der Waals surface area (Å²) in [6, 6.07) is 10.6. The van der Waals surface area contributed by atoms with E-state index in [4.69, 9.17) is 13.0 Å². The Labute approximate surface area is 101 Å². The Morgan fingerprint density at radius 1 is 1.12 bits per heavy atom. The van der Waals surface area contributed by atoms with Gasteiger partial charge in [0.05, 0.1) is 0 Å². The summed E-state index contributed by atoms with van der Waals surface area (Å²) in [7, 11) is -5.42. The first-order chi connectivity index (χ1) is 7.55. The monoisotopic (exact) mass is 289 g/mol. The summed E-state index contributed by atoms with van der Waals surface area (Å²) >= 11 is 0. The van der Waals surface area contributed by atoms with E-state index in [1.165, 1.54) is 4.90 Å². The maximum atomic E-state index is 10.7. The molecular weight excluding hydrogens is 277 g/mol. The minimum atomic E-state index is -5.84. The van der Waals surface area contributed by atoms with E-state index < -0.39 is 15.6 Å². The molecule has 0 bridgehead atoms. The van der Waals surface area contributed by atoms with Gasteiger partial charge >= 0.3 is 15.6 Å². The van der Waals surface area contributed by atoms with E-state index in [0.29, 0.717) is 10.9 Å². The van der Waals surface area contributed by atoms with Crippen LogP contribution in [-0.2, 0) is 21.0 Å². The molecule has 0 saturated carbocycles. The molecule has 0 unspecified atom stereocenters. The lowest BCUT2D eigenvalue weighted by molar-refractivity contribution is -0.0510. The third-order valence-corrected chi connectivity index (χ3v) is 3.31. The van der Waals surface area contributed by atoms with Gasteiger partial charge in [-0.25, -0.2) is 0 Å². The van der Waals surface area contributed by atoms with E-state index in [1.807, 2.05) is 0 Å². The SMILES string of the molecule is C[S+](C)c1ccccc1.O=S(=O)(O)C(F)(F)F. The van der Waals surface area contributed by atoms with E-state index in [-0.39, 0.29) is 0 Å². The predicted octanol–water partition coefficient (Wildman–Crippen LogP) is 2.32. The predicted molar refractivity (Wildman–Crippen MR) is 61.5 cm³/mol. The van der Waals surface area contributed by atoms with Crippen LogP contribution in [0.2, 0.25) is 0 Å². The molecule has 0 aliphatic heterocycles. The molecule has 17 heavy (non-hydrogen) atoms. The Morgan fingerprint density at radius 3 is 1.65 bits per heavy atom. The van der Waals surface area contributed by atoms with Crippen LogP contribution in [-0.4, -0.2) is 31.0 Å². The van der Waals surface area contributed by atoms with Crippen molar-refractivity contribution in [3.8, 4) is 0 Å². The van der Waals surface area contributed by atoms with Crippen molar-refractivity contribution in [2.24, 2.45) is 0 Å². The van der Waals surface area contributed by atoms with Crippen molar-refractivity contribution in [1.29, 1.82) is 0 Å². The van der Waals surface area contributed by atoms with E-state index in [2.05, 4.69) is 42.8 Å². The second-order valence-electron chi connectivity index (χ2n) is 3.05. The van der Waals surface area contributed by atoms with Gasteiger partial charge in [-0.15, -0.1) is 0 Å². The van der Waals surface area contributed by atoms with Crippen LogP contribution < -0.4 is 0 Å². The number of hydrogen-bond acceptors (Lipinski definition) is 2. The summed E-state index contributed by atoms with van der Waals surface area (Å²) in [6.07, 6.45) is 4.46. The number of benzene rings is 1. The maximum Gasteiger partial charge on any atom is 0.522 e. The Balaban J connectivity index is 0.000000304. The third-order valence-electron chi connectivity index (χ3n) is 1.51. The van der Waals surface area contributed by atoms with Crippen molar-refractivity contribution < 1.29 is 26.1 Å². The second kappa shape index (κ2) is 6.27. The lowest BCUT2D eigenvalue weighted by atomic mass is 10.4. The topological polar surface area (TPSA) is 54.4 Å². The van der Waals surface area contributed by atoms with Gasteiger partial charge in [0.15, 0.2) is 4.90 Å². The fraction of sp³-hybridized carbons (Fsp3) is 0.333. The van der Waals surface area contributed by atoms with Gasteiger partial charge in [0.1, 0.15) is 12.5 Å². The zero-order valence-corrected chi connectivity index (χ0v) is 10.7. The molecule has 0 fully saturated rings. The fourth-order valence-electron chi connectivity index (χ4n) is 0.693. The van der Waals surface area contributed by atoms with Crippen molar-refractivity contribution in [3.63, 3.8) is 0 Å². The van der Waals surface area contributed by atoms with Crippen LogP contribution in [0.3, 0.4) is 0 Å². The van der Waals surface area contributed by atoms with Gasteiger partial charge in [0, 0.05) is 10.9 Å². The molecule has 1 aromatic carbocycles. The minimum absolute atomic E-state index is 0.421. The Hall–Kier alpha value is -0.730. The fourth-order valence-corrected chi connectivity index (χ4v) is 1.39. The van der Waals surface area contributed by atoms with Gasteiger partial charge in [-0.1, -0.05) is 18.2 Å². The molecule has 0 amide bonds. The Kier molecular flexibility index (Phi) is 6.00. The molecule has 3 nitrogen and oxygen atoms in total. The van der Waals surface area contributed by atoms with Gasteiger partial charge in [-0.2, -0.15) is 21.6 Å². The molecule has 0 aromatic heterocycles. The molecule has 0 radical (unpaired) electrons. The molecule has 1 rings (SSSR count). The quantitative estimate of drug-likeness (QED) is 0.490. The molecule has 1 aromatic rings. The molecule has 0 aliphatic carbocycles. The standard InChI is InChI=1S/C8H11S.CHF3O3S/c1-9(2)8-6-4-3-5-7-8;2-1(3,4)8(5,6)7/h3-7H,1-2H3;(H,5,6,7)/q+1;. The molecule has 0 saturated heterocycles. The average molecular weight is 289 g/mol. The van der Waals surface area contributed by atoms with Gasteiger partial charge in [0.2, 0.25) is 0 Å². The highest BCUT2D eigenvalue weighted by molar-refractivity contribution is 7.95. The largest absolute Gasteiger partial charge is 0.522 e. The van der Waals surface area contributed by atoms with Crippen LogP contribution in [0, 0.1) is 0 Å². The van der Waals surface area contributed by atoms with Crippen molar-refractivity contribution in [3.05, 3.63) is 30.3 Å². The molecule has 0 heterocycles. The van der Waals surface area contributed by atoms with Gasteiger partial charge in [0.25, 0.3) is 0 Å². The first kappa shape index (κ1) is 16.3. The molecule has 98 valence electrons. The smallest absolute Gasteiger partial charge is 0.279 e. The normalized spacial score (nSPS) is 11.9. The van der Waals surface area contributed by atoms with Crippen molar-refractivity contribution in [2.75, 3.05) is 12.5 Å². The zero-order chi connectivity index (χ0) is 13.7. The van der Waals surface area contributed by atoms with E-state index in [1.54, 1.807) is 0 Å². The summed E-state index contributed by atoms with van der Waals surface area (Å²) in [6.45, 7) is 0. The van der Waals surface area contributed by atoms with Gasteiger partial charge < -0.3 is 0 Å². The highest BCUT2D eigenvalue weighted by Crippen LogP contribution is 2.20. The van der Waals surface area contributed by atoms with Crippen molar-refractivity contribution in [1.82, 2.24) is 0 Å². The lowest BCUT2D eigenvalue weighted by Crippen LogP contribution is -2.21. The molecule has 8 heteroatoms. The van der Waals surface area contributed by atoms with Gasteiger partial charge in [-0.05, 0) is 12.1 Å². The molecule has 0 atom stereocenters. The Morgan fingerprint density at radius 2 is 1.47 bits per heavy atom. The third kappa shape index (κ3) is 6.54. The van der Waals surface area contributed by atoms with Crippen LogP contribution in [0.5, 0.6) is 0 Å². The summed E-state index contributed by atoms with van der Waals surface area (Å²) in [5.41, 5.74) is -5.53. The second-order valence-corrected chi connectivity index (χ2v) is 6.57. The maximum absolute atomic E-state index is 10.7. The number of rotatable bonds is 1. The van der Waals surface area contributed by atoms with Crippen LogP contribution in [0.4, 0.5) is 13.2 Å². The van der Waals surface area contributed by atoms with Crippen LogP contribution in [0.1, 0.15) is 0 Å². The first-order valence-electron chi connectivity index (χ1n) is 4.22. The minimum Gasteiger partial charge on any atom is -0.279 e. The highest BCUT2D eigenvalue weighted by atomic mass is 32.2. The van der Waals surface area contributed by atoms with Crippen LogP contribution >= 0.6 is 0 Å². The lowest BCUT2D eigenvalue weighted by Gasteiger charge is -1.97. The summed E-state index contributed by atoms with van der Waals surface area (Å²) in [4.78, 5) is 1.44. The van der Waals surface area contributed by atoms with Gasteiger partial charge in [-0.3, -0.25) is 4.55 Å². The number of halogens is 3. The number of hydrogen-bond donors (Lipinski definition) is 1. The highest BCUT2D eigenvalue weighted by Gasteiger charge is 2.44. The van der Waals surface area contributed by atoms with Crippen molar-refractivity contribution >= 4 is 21.0 Å². The van der Waals surface area contributed by atoms with Crippen molar-refractivity contribution in [2.45, 2.75) is 10.4 Å². The molecule has 0 aliphatic rings. The van der Waals surface area contributed by atoms with E-state index >= 15 is 0 Å². The zero-order valence-electron chi connectivity index (χ0n) is 9.10. The first-order valence-corrected chi connectivity index (χ1v) is 7.70. The van der Waals surface area contributed by atoms with Crippen LogP contribution in [0.15, 0.2) is 35.2 Å². The molecular formula is C9H12F3O3S2+. The Bertz CT molecular complexity index is 427. The summed E-state index contributed by atoms with van der Waals surface area (Å²) in [5, 5.41) is 0. The summed E-state index contributed by atoms with van der Waals surface area (Å²) in [5.74, 6) is 0. The average Bonchev–Trinajstić information content (AvgIpc) is 2.17. The molecule has 0 spiro atoms. The number of alkyl halides is 3. The van der Waals surface area contributed by atoms with E-state index in [9.17, 15) is 13.2 Å². The van der Waals surface area contributed by atoms with E-state index in [0.717, 1.165) is 0 Å². The molecule has 1 N–H and O–H groups in total.